The van der Waals surface area contributed by atoms with E-state index in [0.717, 1.165) is 27.9 Å². The van der Waals surface area contributed by atoms with Gasteiger partial charge in [0.2, 0.25) is 15.9 Å². The van der Waals surface area contributed by atoms with Crippen LogP contribution < -0.4 is 10.5 Å². The van der Waals surface area contributed by atoms with Gasteiger partial charge in [0.05, 0.1) is 6.42 Å². The zero-order valence-corrected chi connectivity index (χ0v) is 13.9. The number of aromatic nitrogens is 1. The topological polar surface area (TPSA) is 105 Å². The van der Waals surface area contributed by atoms with Crippen molar-refractivity contribution in [2.24, 2.45) is 5.14 Å². The maximum atomic E-state index is 12.1. The first kappa shape index (κ1) is 15.7. The molecule has 1 amide bonds. The Morgan fingerprint density at radius 3 is 2.74 bits per heavy atom. The van der Waals surface area contributed by atoms with Crippen LogP contribution in [0.2, 0.25) is 0 Å². The monoisotopic (exact) mass is 349 g/mol. The van der Waals surface area contributed by atoms with Crippen LogP contribution in [-0.2, 0) is 21.2 Å². The second kappa shape index (κ2) is 5.80. The van der Waals surface area contributed by atoms with Gasteiger partial charge in [0, 0.05) is 27.2 Å². The SMILES string of the molecule is Cc1cc2cc(NC(=O)Cc3ccc(S(N)(=O)=O)s3)ccc2[nH]1. The Balaban J connectivity index is 1.71. The van der Waals surface area contributed by atoms with Gasteiger partial charge in [0.25, 0.3) is 0 Å². The lowest BCUT2D eigenvalue weighted by Crippen LogP contribution is -2.13. The van der Waals surface area contributed by atoms with Crippen LogP contribution in [0, 0.1) is 6.92 Å². The molecule has 0 fully saturated rings. The molecule has 2 heterocycles. The van der Waals surface area contributed by atoms with Crippen molar-refractivity contribution in [3.63, 3.8) is 0 Å². The molecule has 120 valence electrons. The quantitative estimate of drug-likeness (QED) is 0.673. The zero-order valence-electron chi connectivity index (χ0n) is 12.3. The number of hydrogen-bond donors (Lipinski definition) is 3. The number of thiophene rings is 1. The number of H-pyrrole nitrogens is 1. The fraction of sp³-hybridized carbons (Fsp3) is 0.133. The molecule has 0 aliphatic carbocycles. The second-order valence-corrected chi connectivity index (χ2v) is 8.20. The fourth-order valence-electron chi connectivity index (χ4n) is 2.33. The molecule has 2 aromatic heterocycles. The number of nitrogens with two attached hydrogens (primary N) is 1. The molecule has 23 heavy (non-hydrogen) atoms. The minimum Gasteiger partial charge on any atom is -0.359 e. The lowest BCUT2D eigenvalue weighted by Gasteiger charge is -2.04. The minimum atomic E-state index is -3.72. The third-order valence-electron chi connectivity index (χ3n) is 3.29. The van der Waals surface area contributed by atoms with E-state index in [1.165, 1.54) is 6.07 Å². The van der Waals surface area contributed by atoms with E-state index in [1.54, 1.807) is 6.07 Å². The van der Waals surface area contributed by atoms with Crippen molar-refractivity contribution in [3.05, 3.63) is 47.0 Å². The molecule has 6 nitrogen and oxygen atoms in total. The number of aryl methyl sites for hydroxylation is 1. The van der Waals surface area contributed by atoms with Gasteiger partial charge < -0.3 is 10.3 Å². The Morgan fingerprint density at radius 1 is 1.26 bits per heavy atom. The van der Waals surface area contributed by atoms with Gasteiger partial charge >= 0.3 is 0 Å². The average Bonchev–Trinajstić information content (AvgIpc) is 3.03. The maximum Gasteiger partial charge on any atom is 0.247 e. The molecule has 0 saturated heterocycles. The smallest absolute Gasteiger partial charge is 0.247 e. The van der Waals surface area contributed by atoms with Gasteiger partial charge in [0.15, 0.2) is 0 Å². The van der Waals surface area contributed by atoms with Crippen LogP contribution in [0.4, 0.5) is 5.69 Å². The maximum absolute atomic E-state index is 12.1. The van der Waals surface area contributed by atoms with E-state index >= 15 is 0 Å². The number of anilines is 1. The second-order valence-electron chi connectivity index (χ2n) is 5.25. The Bertz CT molecular complexity index is 986. The van der Waals surface area contributed by atoms with Crippen LogP contribution >= 0.6 is 11.3 Å². The molecule has 4 N–H and O–H groups in total. The highest BCUT2D eigenvalue weighted by Gasteiger charge is 2.13. The van der Waals surface area contributed by atoms with E-state index < -0.39 is 10.0 Å². The number of nitrogens with one attached hydrogen (secondary N) is 2. The van der Waals surface area contributed by atoms with Crippen molar-refractivity contribution in [2.75, 3.05) is 5.32 Å². The molecule has 0 atom stereocenters. The molecule has 8 heteroatoms. The van der Waals surface area contributed by atoms with E-state index in [4.69, 9.17) is 5.14 Å². The van der Waals surface area contributed by atoms with Gasteiger partial charge in [-0.25, -0.2) is 13.6 Å². The average molecular weight is 349 g/mol. The Kier molecular flexibility index (Phi) is 3.97. The number of rotatable bonds is 4. The summed E-state index contributed by atoms with van der Waals surface area (Å²) in [5.41, 5.74) is 2.76. The molecule has 0 bridgehead atoms. The number of carbonyl (C=O) groups excluding carboxylic acids is 1. The van der Waals surface area contributed by atoms with E-state index in [1.807, 2.05) is 31.2 Å². The molecule has 1 aromatic carbocycles. The molecule has 3 aromatic rings. The highest BCUT2D eigenvalue weighted by molar-refractivity contribution is 7.91. The summed E-state index contributed by atoms with van der Waals surface area (Å²) in [6, 6.07) is 10.6. The van der Waals surface area contributed by atoms with Gasteiger partial charge in [0.1, 0.15) is 4.21 Å². The first-order chi connectivity index (χ1) is 10.8. The first-order valence-corrected chi connectivity index (χ1v) is 9.18. The number of carbonyl (C=O) groups is 1. The molecule has 0 aliphatic rings. The molecular formula is C15H15N3O3S2. The summed E-state index contributed by atoms with van der Waals surface area (Å²) in [6.07, 6.45) is 0.102. The van der Waals surface area contributed by atoms with Crippen LogP contribution in [-0.4, -0.2) is 19.3 Å². The molecule has 0 aliphatic heterocycles. The highest BCUT2D eigenvalue weighted by atomic mass is 32.2. The molecule has 0 radical (unpaired) electrons. The molecule has 3 rings (SSSR count). The van der Waals surface area contributed by atoms with E-state index in [2.05, 4.69) is 10.3 Å². The molecule has 0 unspecified atom stereocenters. The van der Waals surface area contributed by atoms with Crippen molar-refractivity contribution >= 4 is 43.9 Å². The van der Waals surface area contributed by atoms with E-state index in [-0.39, 0.29) is 16.5 Å². The number of benzene rings is 1. The van der Waals surface area contributed by atoms with Gasteiger partial charge in [-0.05, 0) is 43.3 Å². The fourth-order valence-corrected chi connectivity index (χ4v) is 4.10. The van der Waals surface area contributed by atoms with Crippen LogP contribution in [0.3, 0.4) is 0 Å². The normalized spacial score (nSPS) is 11.7. The summed E-state index contributed by atoms with van der Waals surface area (Å²) in [7, 11) is -3.72. The van der Waals surface area contributed by atoms with Crippen molar-refractivity contribution in [1.82, 2.24) is 4.98 Å². The summed E-state index contributed by atoms with van der Waals surface area (Å²) in [5.74, 6) is -0.209. The van der Waals surface area contributed by atoms with E-state index in [0.29, 0.717) is 10.6 Å². The summed E-state index contributed by atoms with van der Waals surface area (Å²) in [4.78, 5) is 15.9. The van der Waals surface area contributed by atoms with Crippen LogP contribution in [0.15, 0.2) is 40.6 Å². The highest BCUT2D eigenvalue weighted by Crippen LogP contribution is 2.22. The number of hydrogen-bond acceptors (Lipinski definition) is 4. The van der Waals surface area contributed by atoms with Gasteiger partial charge in [-0.15, -0.1) is 11.3 Å². The van der Waals surface area contributed by atoms with Gasteiger partial charge in [-0.3, -0.25) is 4.79 Å². The minimum absolute atomic E-state index is 0.0597. The van der Waals surface area contributed by atoms with Crippen LogP contribution in [0.25, 0.3) is 10.9 Å². The van der Waals surface area contributed by atoms with E-state index in [9.17, 15) is 13.2 Å². The first-order valence-electron chi connectivity index (χ1n) is 6.82. The lowest BCUT2D eigenvalue weighted by molar-refractivity contribution is -0.115. The summed E-state index contributed by atoms with van der Waals surface area (Å²) >= 11 is 1.01. The molecular weight excluding hydrogens is 334 g/mol. The molecule has 0 saturated carbocycles. The number of primary sulfonamides is 1. The predicted octanol–water partition coefficient (Wildman–Crippen LogP) is 2.37. The van der Waals surface area contributed by atoms with Gasteiger partial charge in [-0.1, -0.05) is 0 Å². The van der Waals surface area contributed by atoms with Crippen molar-refractivity contribution in [2.45, 2.75) is 17.6 Å². The van der Waals surface area contributed by atoms with Gasteiger partial charge in [-0.2, -0.15) is 0 Å². The van der Waals surface area contributed by atoms with Crippen molar-refractivity contribution in [1.29, 1.82) is 0 Å². The summed E-state index contributed by atoms with van der Waals surface area (Å²) in [6.45, 7) is 1.97. The lowest BCUT2D eigenvalue weighted by atomic mass is 10.2. The van der Waals surface area contributed by atoms with Crippen molar-refractivity contribution in [3.8, 4) is 0 Å². The Hall–Kier alpha value is -2.16. The Labute approximate surface area is 137 Å². The number of fused-ring (bicyclic) bond motifs is 1. The molecule has 0 spiro atoms. The largest absolute Gasteiger partial charge is 0.359 e. The Morgan fingerprint density at radius 2 is 2.04 bits per heavy atom. The number of aromatic amines is 1. The number of sulfonamides is 1. The zero-order chi connectivity index (χ0) is 16.6. The summed E-state index contributed by atoms with van der Waals surface area (Å²) < 4.78 is 22.5. The predicted molar refractivity (Wildman–Crippen MR) is 91.1 cm³/mol. The number of amides is 1. The third kappa shape index (κ3) is 3.61. The summed E-state index contributed by atoms with van der Waals surface area (Å²) in [5, 5.41) is 8.89. The van der Waals surface area contributed by atoms with Crippen LogP contribution in [0.5, 0.6) is 0 Å². The van der Waals surface area contributed by atoms with Crippen LogP contribution in [0.1, 0.15) is 10.6 Å². The standard InChI is InChI=1S/C15H15N3O3S2/c1-9-6-10-7-11(2-4-13(10)17-9)18-14(19)8-12-3-5-15(22-12)23(16,20)21/h2-7,17H,8H2,1H3,(H,18,19)(H2,16,20,21). The van der Waals surface area contributed by atoms with Crippen molar-refractivity contribution < 1.29 is 13.2 Å². The third-order valence-corrected chi connectivity index (χ3v) is 5.82.